The fraction of sp³-hybridized carbons (Fsp3) is 0.600. The van der Waals surface area contributed by atoms with Crippen LogP contribution in [0.4, 0.5) is 0 Å². The molecule has 1 aromatic carbocycles. The van der Waals surface area contributed by atoms with Gasteiger partial charge in [0.15, 0.2) is 0 Å². The van der Waals surface area contributed by atoms with E-state index in [9.17, 15) is 5.11 Å². The summed E-state index contributed by atoms with van der Waals surface area (Å²) < 4.78 is 5.67. The summed E-state index contributed by atoms with van der Waals surface area (Å²) in [6.45, 7) is 6.14. The molecule has 100 valence electrons. The highest BCUT2D eigenvalue weighted by Crippen LogP contribution is 2.33. The molecule has 1 N–H and O–H groups in total. The van der Waals surface area contributed by atoms with Gasteiger partial charge in [0.1, 0.15) is 5.75 Å². The minimum Gasteiger partial charge on any atom is -0.493 e. The van der Waals surface area contributed by atoms with Gasteiger partial charge in [0.25, 0.3) is 0 Å². The third-order valence-electron chi connectivity index (χ3n) is 3.27. The molecule has 0 saturated carbocycles. The van der Waals surface area contributed by atoms with Crippen molar-refractivity contribution < 1.29 is 9.84 Å². The number of hydrogen-bond acceptors (Lipinski definition) is 3. The minimum atomic E-state index is -0.639. The molecule has 0 bridgehead atoms. The molecule has 1 aromatic rings. The van der Waals surface area contributed by atoms with Crippen LogP contribution < -0.4 is 4.74 Å². The fourth-order valence-corrected chi connectivity index (χ4v) is 2.71. The number of hydrogen-bond donors (Lipinski definition) is 1. The van der Waals surface area contributed by atoms with E-state index in [1.807, 2.05) is 26.0 Å². The summed E-state index contributed by atoms with van der Waals surface area (Å²) in [5.74, 6) is 1.52. The summed E-state index contributed by atoms with van der Waals surface area (Å²) in [5, 5.41) is 9.85. The van der Waals surface area contributed by atoms with Crippen molar-refractivity contribution in [3.63, 3.8) is 0 Å². The van der Waals surface area contributed by atoms with Gasteiger partial charge in [0.2, 0.25) is 0 Å². The van der Waals surface area contributed by atoms with Crippen molar-refractivity contribution in [2.24, 2.45) is 0 Å². The molecule has 0 saturated heterocycles. The first-order chi connectivity index (χ1) is 8.46. The molecule has 0 aliphatic carbocycles. The maximum Gasteiger partial charge on any atom is 0.122 e. The van der Waals surface area contributed by atoms with Crippen LogP contribution in [-0.2, 0) is 0 Å². The van der Waals surface area contributed by atoms with Gasteiger partial charge in [0.05, 0.1) is 12.2 Å². The highest BCUT2D eigenvalue weighted by molar-refractivity contribution is 5.37. The van der Waals surface area contributed by atoms with Gasteiger partial charge in [0, 0.05) is 19.0 Å². The fourth-order valence-electron chi connectivity index (χ4n) is 2.71. The normalized spacial score (nSPS) is 19.5. The molecule has 0 amide bonds. The quantitative estimate of drug-likeness (QED) is 0.888. The highest BCUT2D eigenvalue weighted by atomic mass is 16.5. The lowest BCUT2D eigenvalue weighted by Gasteiger charge is -2.32. The third-order valence-corrected chi connectivity index (χ3v) is 3.27. The van der Waals surface area contributed by atoms with Crippen LogP contribution in [0.5, 0.6) is 5.75 Å². The molecule has 0 spiro atoms. The van der Waals surface area contributed by atoms with Gasteiger partial charge in [-0.3, -0.25) is 0 Å². The van der Waals surface area contributed by atoms with Crippen molar-refractivity contribution in [2.45, 2.75) is 31.8 Å². The standard InChI is InChI=1S/C15H23NO2/c1-15(2,17)11-16(3)10-12-8-9-18-14-7-5-4-6-13(12)14/h4-7,12,17H,8-11H2,1-3H3. The van der Waals surface area contributed by atoms with Gasteiger partial charge in [-0.1, -0.05) is 18.2 Å². The molecule has 2 rings (SSSR count). The zero-order valence-corrected chi connectivity index (χ0v) is 11.5. The summed E-state index contributed by atoms with van der Waals surface area (Å²) in [7, 11) is 2.07. The lowest BCUT2D eigenvalue weighted by Crippen LogP contribution is -2.38. The number of rotatable bonds is 4. The van der Waals surface area contributed by atoms with E-state index < -0.39 is 5.60 Å². The van der Waals surface area contributed by atoms with Gasteiger partial charge in [-0.2, -0.15) is 0 Å². The Kier molecular flexibility index (Phi) is 3.93. The second-order valence-corrected chi connectivity index (χ2v) is 5.88. The number of benzene rings is 1. The maximum atomic E-state index is 9.85. The largest absolute Gasteiger partial charge is 0.493 e. The summed E-state index contributed by atoms with van der Waals surface area (Å²) in [5.41, 5.74) is 0.658. The van der Waals surface area contributed by atoms with E-state index >= 15 is 0 Å². The van der Waals surface area contributed by atoms with Gasteiger partial charge in [-0.25, -0.2) is 0 Å². The second kappa shape index (κ2) is 5.29. The summed E-state index contributed by atoms with van der Waals surface area (Å²) >= 11 is 0. The average molecular weight is 249 g/mol. The predicted octanol–water partition coefficient (Wildman–Crippen LogP) is 2.26. The van der Waals surface area contributed by atoms with Crippen molar-refractivity contribution in [3.8, 4) is 5.75 Å². The van der Waals surface area contributed by atoms with Gasteiger partial charge in [-0.05, 0) is 38.9 Å². The van der Waals surface area contributed by atoms with E-state index in [4.69, 9.17) is 4.74 Å². The Balaban J connectivity index is 2.03. The molecule has 3 heteroatoms. The first-order valence-electron chi connectivity index (χ1n) is 6.58. The molecule has 1 unspecified atom stereocenters. The van der Waals surface area contributed by atoms with Gasteiger partial charge < -0.3 is 14.7 Å². The van der Waals surface area contributed by atoms with Crippen LogP contribution in [0, 0.1) is 0 Å². The molecule has 0 aromatic heterocycles. The van der Waals surface area contributed by atoms with Crippen LogP contribution in [-0.4, -0.2) is 42.4 Å². The topological polar surface area (TPSA) is 32.7 Å². The van der Waals surface area contributed by atoms with E-state index in [2.05, 4.69) is 24.1 Å². The van der Waals surface area contributed by atoms with Gasteiger partial charge >= 0.3 is 0 Å². The molecule has 1 aliphatic rings. The van der Waals surface area contributed by atoms with Crippen molar-refractivity contribution in [2.75, 3.05) is 26.7 Å². The number of ether oxygens (including phenoxy) is 1. The molecule has 18 heavy (non-hydrogen) atoms. The SMILES string of the molecule is CN(CC1CCOc2ccccc21)CC(C)(C)O. The Morgan fingerprint density at radius 3 is 2.83 bits per heavy atom. The van der Waals surface area contributed by atoms with Crippen molar-refractivity contribution >= 4 is 0 Å². The Labute approximate surface area is 109 Å². The summed E-state index contributed by atoms with van der Waals surface area (Å²) in [6, 6.07) is 8.27. The van der Waals surface area contributed by atoms with Crippen LogP contribution in [0.25, 0.3) is 0 Å². The highest BCUT2D eigenvalue weighted by Gasteiger charge is 2.24. The Bertz CT molecular complexity index is 398. The molecular weight excluding hydrogens is 226 g/mol. The molecule has 3 nitrogen and oxygen atoms in total. The number of aliphatic hydroxyl groups is 1. The van der Waals surface area contributed by atoms with Crippen LogP contribution in [0.15, 0.2) is 24.3 Å². The first kappa shape index (κ1) is 13.4. The van der Waals surface area contributed by atoms with Crippen LogP contribution in [0.1, 0.15) is 31.7 Å². The smallest absolute Gasteiger partial charge is 0.122 e. The van der Waals surface area contributed by atoms with Crippen molar-refractivity contribution in [3.05, 3.63) is 29.8 Å². The summed E-state index contributed by atoms with van der Waals surface area (Å²) in [6.07, 6.45) is 1.05. The van der Waals surface area contributed by atoms with E-state index in [0.717, 1.165) is 25.3 Å². The molecule has 1 atom stereocenters. The van der Waals surface area contributed by atoms with Crippen molar-refractivity contribution in [1.29, 1.82) is 0 Å². The molecule has 1 heterocycles. The number of likely N-dealkylation sites (N-methyl/N-ethyl adjacent to an activating group) is 1. The lowest BCUT2D eigenvalue weighted by atomic mass is 9.92. The first-order valence-corrected chi connectivity index (χ1v) is 6.58. The molecule has 1 aliphatic heterocycles. The minimum absolute atomic E-state index is 0.502. The lowest BCUT2D eigenvalue weighted by molar-refractivity contribution is 0.0417. The van der Waals surface area contributed by atoms with E-state index in [1.165, 1.54) is 5.56 Å². The van der Waals surface area contributed by atoms with Crippen LogP contribution in [0.3, 0.4) is 0 Å². The zero-order valence-electron chi connectivity index (χ0n) is 11.5. The Hall–Kier alpha value is -1.06. The molecular formula is C15H23NO2. The predicted molar refractivity (Wildman–Crippen MR) is 73.1 cm³/mol. The average Bonchev–Trinajstić information content (AvgIpc) is 2.27. The Morgan fingerprint density at radius 1 is 1.39 bits per heavy atom. The maximum absolute atomic E-state index is 9.85. The van der Waals surface area contributed by atoms with E-state index in [-0.39, 0.29) is 0 Å². The molecule has 0 radical (unpaired) electrons. The summed E-state index contributed by atoms with van der Waals surface area (Å²) in [4.78, 5) is 2.20. The number of para-hydroxylation sites is 1. The zero-order chi connectivity index (χ0) is 13.2. The van der Waals surface area contributed by atoms with E-state index in [1.54, 1.807) is 0 Å². The second-order valence-electron chi connectivity index (χ2n) is 5.88. The number of fused-ring (bicyclic) bond motifs is 1. The monoisotopic (exact) mass is 249 g/mol. The molecule has 0 fully saturated rings. The van der Waals surface area contributed by atoms with Crippen molar-refractivity contribution in [1.82, 2.24) is 4.90 Å². The number of nitrogens with zero attached hydrogens (tertiary/aromatic N) is 1. The van der Waals surface area contributed by atoms with Crippen LogP contribution in [0.2, 0.25) is 0 Å². The van der Waals surface area contributed by atoms with E-state index in [0.29, 0.717) is 12.5 Å². The van der Waals surface area contributed by atoms with Gasteiger partial charge in [-0.15, -0.1) is 0 Å². The Morgan fingerprint density at radius 2 is 2.11 bits per heavy atom. The van der Waals surface area contributed by atoms with Crippen LogP contribution >= 0.6 is 0 Å². The third kappa shape index (κ3) is 3.47.